The van der Waals surface area contributed by atoms with Crippen molar-refractivity contribution >= 4 is 56.8 Å². The molecule has 0 aliphatic carbocycles. The molecule has 0 spiro atoms. The lowest BCUT2D eigenvalue weighted by Gasteiger charge is -2.07. The lowest BCUT2D eigenvalue weighted by molar-refractivity contribution is 1.55. The summed E-state index contributed by atoms with van der Waals surface area (Å²) in [6, 6.07) is 14.3. The van der Waals surface area contributed by atoms with Crippen LogP contribution in [-0.2, 0) is 0 Å². The van der Waals surface area contributed by atoms with Gasteiger partial charge < -0.3 is 0 Å². The van der Waals surface area contributed by atoms with Crippen molar-refractivity contribution in [2.75, 3.05) is 0 Å². The molecule has 0 amide bonds. The maximum Gasteiger partial charge on any atom is 0.0412 e. The minimum atomic E-state index is 0.782. The molecule has 2 aromatic carbocycles. The maximum atomic E-state index is 6.01. The van der Waals surface area contributed by atoms with Crippen molar-refractivity contribution in [2.45, 2.75) is 0 Å². The first-order valence-corrected chi connectivity index (χ1v) is 6.92. The minimum absolute atomic E-state index is 0.782. The van der Waals surface area contributed by atoms with E-state index in [2.05, 4.69) is 63.4 Å². The van der Waals surface area contributed by atoms with E-state index in [1.54, 1.807) is 0 Å². The van der Waals surface area contributed by atoms with Crippen molar-refractivity contribution in [2.24, 2.45) is 0 Å². The number of hydrogen-bond acceptors (Lipinski definition) is 0. The molecule has 0 aliphatic rings. The molecule has 0 N–H and O–H groups in total. The van der Waals surface area contributed by atoms with E-state index in [0.29, 0.717) is 0 Å². The zero-order chi connectivity index (χ0) is 10.8. The van der Waals surface area contributed by atoms with Gasteiger partial charge in [0.1, 0.15) is 0 Å². The van der Waals surface area contributed by atoms with Crippen LogP contribution in [0.2, 0.25) is 5.02 Å². The van der Waals surface area contributed by atoms with E-state index in [0.717, 1.165) is 5.02 Å². The summed E-state index contributed by atoms with van der Waals surface area (Å²) in [5.74, 6) is 0. The van der Waals surface area contributed by atoms with Crippen molar-refractivity contribution < 1.29 is 0 Å². The van der Waals surface area contributed by atoms with Gasteiger partial charge in [0.2, 0.25) is 0 Å². The van der Waals surface area contributed by atoms with Crippen molar-refractivity contribution in [1.82, 2.24) is 0 Å². The van der Waals surface area contributed by atoms with Crippen LogP contribution in [0.1, 0.15) is 0 Å². The third-order valence-corrected chi connectivity index (χ3v) is 4.21. The van der Waals surface area contributed by atoms with Crippen LogP contribution in [0, 0.1) is 7.14 Å². The van der Waals surface area contributed by atoms with Gasteiger partial charge in [0.25, 0.3) is 0 Å². The van der Waals surface area contributed by atoms with Crippen LogP contribution in [0.4, 0.5) is 0 Å². The van der Waals surface area contributed by atoms with Gasteiger partial charge in [-0.15, -0.1) is 0 Å². The second-order valence-electron chi connectivity index (χ2n) is 3.10. The number of rotatable bonds is 1. The first-order valence-electron chi connectivity index (χ1n) is 4.38. The largest absolute Gasteiger partial charge is 0.0843 e. The molecule has 0 heterocycles. The Morgan fingerprint density at radius 1 is 0.800 bits per heavy atom. The average molecular weight is 440 g/mol. The summed E-state index contributed by atoms with van der Waals surface area (Å²) in [6.07, 6.45) is 0. The van der Waals surface area contributed by atoms with E-state index >= 15 is 0 Å². The van der Waals surface area contributed by atoms with E-state index in [1.807, 2.05) is 24.3 Å². The fraction of sp³-hybridized carbons (Fsp3) is 0. The Labute approximate surface area is 121 Å². The predicted octanol–water partition coefficient (Wildman–Crippen LogP) is 5.22. The van der Waals surface area contributed by atoms with Crippen LogP contribution in [0.15, 0.2) is 42.5 Å². The molecule has 0 bridgehead atoms. The molecule has 76 valence electrons. The molecule has 0 fully saturated rings. The first kappa shape index (κ1) is 11.7. The molecule has 2 rings (SSSR count). The fourth-order valence-corrected chi connectivity index (χ4v) is 2.86. The number of halogens is 3. The van der Waals surface area contributed by atoms with Crippen LogP contribution < -0.4 is 0 Å². The maximum absolute atomic E-state index is 6.01. The summed E-state index contributed by atoms with van der Waals surface area (Å²) in [6.45, 7) is 0. The monoisotopic (exact) mass is 440 g/mol. The normalized spacial score (nSPS) is 10.3. The van der Waals surface area contributed by atoms with Gasteiger partial charge in [-0.2, -0.15) is 0 Å². The summed E-state index contributed by atoms with van der Waals surface area (Å²) in [4.78, 5) is 0. The van der Waals surface area contributed by atoms with E-state index in [-0.39, 0.29) is 0 Å². The van der Waals surface area contributed by atoms with Gasteiger partial charge >= 0.3 is 0 Å². The topological polar surface area (TPSA) is 0 Å². The highest BCUT2D eigenvalue weighted by Crippen LogP contribution is 2.31. The molecule has 0 unspecified atom stereocenters. The van der Waals surface area contributed by atoms with Crippen molar-refractivity contribution in [3.8, 4) is 11.1 Å². The van der Waals surface area contributed by atoms with Gasteiger partial charge in [-0.3, -0.25) is 0 Å². The van der Waals surface area contributed by atoms with Gasteiger partial charge in [0.15, 0.2) is 0 Å². The lowest BCUT2D eigenvalue weighted by Crippen LogP contribution is -1.85. The number of benzene rings is 2. The third kappa shape index (κ3) is 2.65. The van der Waals surface area contributed by atoms with Crippen molar-refractivity contribution in [3.63, 3.8) is 0 Å². The summed E-state index contributed by atoms with van der Waals surface area (Å²) in [5.41, 5.74) is 2.44. The Hall–Kier alpha value is 0.190. The predicted molar refractivity (Wildman–Crippen MR) is 82.3 cm³/mol. The Morgan fingerprint density at radius 2 is 1.47 bits per heavy atom. The van der Waals surface area contributed by atoms with Crippen LogP contribution in [-0.4, -0.2) is 0 Å². The van der Waals surface area contributed by atoms with Crippen LogP contribution in [0.25, 0.3) is 11.1 Å². The van der Waals surface area contributed by atoms with Gasteiger partial charge in [-0.25, -0.2) is 0 Å². The molecule has 3 heteroatoms. The van der Waals surface area contributed by atoms with Gasteiger partial charge in [0, 0.05) is 12.2 Å². The Balaban J connectivity index is 2.64. The smallest absolute Gasteiger partial charge is 0.0412 e. The van der Waals surface area contributed by atoms with Crippen LogP contribution in [0.5, 0.6) is 0 Å². The van der Waals surface area contributed by atoms with Crippen LogP contribution >= 0.6 is 56.8 Å². The average Bonchev–Trinajstić information content (AvgIpc) is 2.23. The first-order chi connectivity index (χ1) is 7.18. The minimum Gasteiger partial charge on any atom is -0.0843 e. The van der Waals surface area contributed by atoms with Crippen LogP contribution in [0.3, 0.4) is 0 Å². The highest BCUT2D eigenvalue weighted by molar-refractivity contribution is 14.1. The van der Waals surface area contributed by atoms with Crippen molar-refractivity contribution in [3.05, 3.63) is 54.6 Å². The SMILES string of the molecule is Clc1ccc(I)c(-c2ccccc2I)c1. The highest BCUT2D eigenvalue weighted by Gasteiger charge is 2.06. The summed E-state index contributed by atoms with van der Waals surface area (Å²) in [5, 5.41) is 0.782. The molecule has 0 aromatic heterocycles. The molecule has 0 saturated carbocycles. The van der Waals surface area contributed by atoms with Gasteiger partial charge in [0.05, 0.1) is 0 Å². The second kappa shape index (κ2) is 5.01. The molecule has 0 saturated heterocycles. The Bertz CT molecular complexity index is 495. The number of hydrogen-bond donors (Lipinski definition) is 0. The van der Waals surface area contributed by atoms with E-state index in [9.17, 15) is 0 Å². The molecule has 0 radical (unpaired) electrons. The standard InChI is InChI=1S/C12H7ClI2/c13-8-5-6-12(15)10(7-8)9-3-1-2-4-11(9)14/h1-7H. The summed E-state index contributed by atoms with van der Waals surface area (Å²) in [7, 11) is 0. The van der Waals surface area contributed by atoms with Gasteiger partial charge in [-0.1, -0.05) is 29.8 Å². The highest BCUT2D eigenvalue weighted by atomic mass is 127. The zero-order valence-electron chi connectivity index (χ0n) is 7.68. The quantitative estimate of drug-likeness (QED) is 0.534. The molecule has 0 nitrogen and oxygen atoms in total. The fourth-order valence-electron chi connectivity index (χ4n) is 1.38. The summed E-state index contributed by atoms with van der Waals surface area (Å²) < 4.78 is 2.47. The molecular formula is C12H7ClI2. The summed E-state index contributed by atoms with van der Waals surface area (Å²) >= 11 is 10.7. The van der Waals surface area contributed by atoms with E-state index < -0.39 is 0 Å². The molecule has 2 aromatic rings. The van der Waals surface area contributed by atoms with E-state index in [4.69, 9.17) is 11.6 Å². The molecule has 0 atom stereocenters. The van der Waals surface area contributed by atoms with Gasteiger partial charge in [-0.05, 0) is 80.6 Å². The molecule has 0 aliphatic heterocycles. The third-order valence-electron chi connectivity index (χ3n) is 2.09. The van der Waals surface area contributed by atoms with E-state index in [1.165, 1.54) is 18.3 Å². The Kier molecular flexibility index (Phi) is 3.90. The Morgan fingerprint density at radius 3 is 2.20 bits per heavy atom. The molecule has 15 heavy (non-hydrogen) atoms. The lowest BCUT2D eigenvalue weighted by atomic mass is 10.1. The van der Waals surface area contributed by atoms with Crippen molar-refractivity contribution in [1.29, 1.82) is 0 Å². The molecular weight excluding hydrogens is 433 g/mol. The zero-order valence-corrected chi connectivity index (χ0v) is 12.7. The second-order valence-corrected chi connectivity index (χ2v) is 5.86.